The minimum absolute atomic E-state index is 0.576. The summed E-state index contributed by atoms with van der Waals surface area (Å²) in [6, 6.07) is 19.3. The summed E-state index contributed by atoms with van der Waals surface area (Å²) in [6.45, 7) is 0. The monoisotopic (exact) mass is 207 g/mol. The molecule has 1 nitrogen and oxygen atoms in total. The van der Waals surface area contributed by atoms with E-state index in [2.05, 4.69) is 0 Å². The van der Waals surface area contributed by atoms with Crippen LogP contribution in [-0.4, -0.2) is 0 Å². The van der Waals surface area contributed by atoms with Gasteiger partial charge >= 0.3 is 94.2 Å². The molecular weight excluding hydrogens is 196 g/mol. The molecular formula is C15H11O+. The van der Waals surface area contributed by atoms with Gasteiger partial charge in [-0.1, -0.05) is 0 Å². The number of rotatable bonds is 2. The fourth-order valence-corrected chi connectivity index (χ4v) is 1.51. The van der Waals surface area contributed by atoms with Gasteiger partial charge in [-0.15, -0.1) is 0 Å². The predicted octanol–water partition coefficient (Wildman–Crippen LogP) is 3.62. The average Bonchev–Trinajstić information content (AvgIpc) is 2.38. The molecule has 0 saturated carbocycles. The first-order valence-corrected chi connectivity index (χ1v) is 5.10. The van der Waals surface area contributed by atoms with Gasteiger partial charge in [-0.25, -0.2) is 0 Å². The van der Waals surface area contributed by atoms with Crippen LogP contribution in [-0.2, 0) is 4.65 Å². The van der Waals surface area contributed by atoms with Crippen LogP contribution >= 0.6 is 0 Å². The van der Waals surface area contributed by atoms with Gasteiger partial charge in [0.25, 0.3) is 0 Å². The Morgan fingerprint density at radius 2 is 1.44 bits per heavy atom. The molecule has 0 radical (unpaired) electrons. The van der Waals surface area contributed by atoms with Gasteiger partial charge in [-0.2, -0.15) is 0 Å². The molecule has 0 spiro atoms. The quantitative estimate of drug-likeness (QED) is 0.529. The predicted molar refractivity (Wildman–Crippen MR) is 65.3 cm³/mol. The molecule has 2 aromatic carbocycles. The fourth-order valence-electron chi connectivity index (χ4n) is 1.51. The number of hydrogen-bond acceptors (Lipinski definition) is 0. The van der Waals surface area contributed by atoms with Crippen molar-refractivity contribution in [2.45, 2.75) is 0 Å². The van der Waals surface area contributed by atoms with Gasteiger partial charge < -0.3 is 0 Å². The molecule has 0 bridgehead atoms. The average molecular weight is 207 g/mol. The van der Waals surface area contributed by atoms with Crippen molar-refractivity contribution in [2.24, 2.45) is 0 Å². The van der Waals surface area contributed by atoms with Gasteiger partial charge in [0.15, 0.2) is 0 Å². The Morgan fingerprint density at radius 1 is 0.875 bits per heavy atom. The third-order valence-corrected chi connectivity index (χ3v) is 2.31. The molecule has 1 heteroatoms. The van der Waals surface area contributed by atoms with Crippen LogP contribution in [0.25, 0.3) is 11.6 Å². The van der Waals surface area contributed by atoms with E-state index >= 15 is 0 Å². The molecule has 0 aliphatic carbocycles. The van der Waals surface area contributed by atoms with Gasteiger partial charge in [0.1, 0.15) is 0 Å². The second kappa shape index (κ2) is 5.13. The number of benzene rings is 2. The van der Waals surface area contributed by atoms with Crippen LogP contribution in [0.15, 0.2) is 60.7 Å². The summed E-state index contributed by atoms with van der Waals surface area (Å²) in [5.41, 5.74) is 2.47. The molecule has 16 heavy (non-hydrogen) atoms. The van der Waals surface area contributed by atoms with E-state index in [4.69, 9.17) is 0 Å². The van der Waals surface area contributed by atoms with E-state index in [1.165, 1.54) is 0 Å². The van der Waals surface area contributed by atoms with E-state index < -0.39 is 0 Å². The molecule has 76 valence electrons. The van der Waals surface area contributed by atoms with E-state index in [9.17, 15) is 4.65 Å². The van der Waals surface area contributed by atoms with Gasteiger partial charge in [-0.05, 0) is 0 Å². The summed E-state index contributed by atoms with van der Waals surface area (Å²) in [5, 5.41) is 0. The maximum absolute atomic E-state index is 10.9. The Balaban J connectivity index is 2.39. The second-order valence-electron chi connectivity index (χ2n) is 3.44. The zero-order valence-electron chi connectivity index (χ0n) is 8.76. The molecule has 0 unspecified atom stereocenters. The van der Waals surface area contributed by atoms with E-state index in [0.717, 1.165) is 11.1 Å². The van der Waals surface area contributed by atoms with Crippen LogP contribution in [0.5, 0.6) is 0 Å². The van der Waals surface area contributed by atoms with Crippen LogP contribution in [0.4, 0.5) is 0 Å². The summed E-state index contributed by atoms with van der Waals surface area (Å²) in [4.78, 5) is 0. The zero-order valence-corrected chi connectivity index (χ0v) is 8.76. The molecule has 0 aromatic heterocycles. The van der Waals surface area contributed by atoms with Crippen molar-refractivity contribution in [3.05, 3.63) is 71.8 Å². The molecule has 0 aliphatic rings. The molecule has 0 heterocycles. The summed E-state index contributed by atoms with van der Waals surface area (Å²) < 4.78 is 10.9. The Kier molecular flexibility index (Phi) is 3.35. The third-order valence-electron chi connectivity index (χ3n) is 2.31. The fraction of sp³-hybridized carbons (Fsp3) is 0. The summed E-state index contributed by atoms with van der Waals surface area (Å²) in [5.74, 6) is 0. The van der Waals surface area contributed by atoms with E-state index in [0.29, 0.717) is 5.57 Å². The van der Waals surface area contributed by atoms with Crippen molar-refractivity contribution in [1.29, 1.82) is 0 Å². The van der Waals surface area contributed by atoms with Crippen LogP contribution in [0.3, 0.4) is 0 Å². The van der Waals surface area contributed by atoms with Crippen molar-refractivity contribution in [1.82, 2.24) is 0 Å². The van der Waals surface area contributed by atoms with Crippen LogP contribution < -0.4 is 0 Å². The minimum atomic E-state index is 0.576. The van der Waals surface area contributed by atoms with E-state index in [-0.39, 0.29) is 0 Å². The molecule has 0 amide bonds. The molecule has 0 fully saturated rings. The van der Waals surface area contributed by atoms with Crippen molar-refractivity contribution in [3.8, 4) is 6.15 Å². The Bertz CT molecular complexity index is 518. The topological polar surface area (TPSA) is 19.9 Å². The van der Waals surface area contributed by atoms with Crippen molar-refractivity contribution in [3.63, 3.8) is 0 Å². The maximum atomic E-state index is 10.9. The van der Waals surface area contributed by atoms with Gasteiger partial charge in [-0.3, -0.25) is 0 Å². The normalized spacial score (nSPS) is 10.8. The Morgan fingerprint density at radius 3 is 2.00 bits per heavy atom. The van der Waals surface area contributed by atoms with Crippen molar-refractivity contribution in [2.75, 3.05) is 0 Å². The first-order valence-electron chi connectivity index (χ1n) is 5.10. The Labute approximate surface area is 94.8 Å². The van der Waals surface area contributed by atoms with E-state index in [1.54, 1.807) is 0 Å². The van der Waals surface area contributed by atoms with Crippen molar-refractivity contribution < 1.29 is 4.65 Å². The number of hydrogen-bond donors (Lipinski definition) is 0. The summed E-state index contributed by atoms with van der Waals surface area (Å²) in [6.07, 6.45) is 3.81. The van der Waals surface area contributed by atoms with Gasteiger partial charge in [0.05, 0.1) is 0 Å². The van der Waals surface area contributed by atoms with Crippen LogP contribution in [0, 0.1) is 6.15 Å². The number of allylic oxidation sites excluding steroid dienone is 1. The second-order valence-corrected chi connectivity index (χ2v) is 3.44. The van der Waals surface area contributed by atoms with Gasteiger partial charge in [0, 0.05) is 0 Å². The standard InChI is InChI=1S/C15H11O/c16-12-15(14-9-5-2-6-10-14)11-13-7-3-1-4-8-13/h1-11H/q+1. The summed E-state index contributed by atoms with van der Waals surface area (Å²) >= 11 is 0. The molecule has 0 atom stereocenters. The zero-order chi connectivity index (χ0) is 11.2. The third kappa shape index (κ3) is 2.48. The van der Waals surface area contributed by atoms with Crippen LogP contribution in [0.1, 0.15) is 11.1 Å². The molecule has 2 aromatic rings. The first-order chi connectivity index (χ1) is 7.90. The van der Waals surface area contributed by atoms with Crippen LogP contribution in [0.2, 0.25) is 0 Å². The molecule has 0 aliphatic heterocycles. The molecule has 0 N–H and O–H groups in total. The first kappa shape index (κ1) is 10.4. The summed E-state index contributed by atoms with van der Waals surface area (Å²) in [7, 11) is 0. The SMILES string of the molecule is [O+]#CC(=Cc1ccccc1)c1ccccc1. The van der Waals surface area contributed by atoms with Gasteiger partial charge in [0.2, 0.25) is 0 Å². The van der Waals surface area contributed by atoms with E-state index in [1.807, 2.05) is 72.9 Å². The molecule has 0 saturated heterocycles. The molecule has 2 rings (SSSR count). The van der Waals surface area contributed by atoms with Crippen molar-refractivity contribution >= 4 is 11.6 Å². The Hall–Kier alpha value is -2.08.